The van der Waals surface area contributed by atoms with Crippen LogP contribution in [0, 0.1) is 5.92 Å². The predicted molar refractivity (Wildman–Crippen MR) is 88.9 cm³/mol. The highest BCUT2D eigenvalue weighted by Gasteiger charge is 2.29. The van der Waals surface area contributed by atoms with Gasteiger partial charge >= 0.3 is 0 Å². The van der Waals surface area contributed by atoms with E-state index < -0.39 is 0 Å². The molecule has 0 saturated carbocycles. The van der Waals surface area contributed by atoms with Gasteiger partial charge in [0, 0.05) is 28.0 Å². The minimum atomic E-state index is 0.733. The van der Waals surface area contributed by atoms with E-state index in [0.717, 1.165) is 22.5 Å². The minimum Gasteiger partial charge on any atom is -0.313 e. The van der Waals surface area contributed by atoms with Crippen LogP contribution in [-0.2, 0) is 0 Å². The number of nitrogens with one attached hydrogen (secondary N) is 1. The fourth-order valence-corrected chi connectivity index (χ4v) is 5.55. The second-order valence-corrected chi connectivity index (χ2v) is 8.57. The standard InChI is InChI=1S/C15H31NS2/c1-5-9-16-14(8-6-7-12(2)3)15-13(4)17-10-11-18-15/h12-16H,5-11H2,1-4H3. The first-order valence-corrected chi connectivity index (χ1v) is 9.71. The van der Waals surface area contributed by atoms with Crippen molar-refractivity contribution in [1.29, 1.82) is 0 Å². The van der Waals surface area contributed by atoms with Crippen molar-refractivity contribution in [3.63, 3.8) is 0 Å². The molecule has 1 nitrogen and oxygen atoms in total. The zero-order valence-electron chi connectivity index (χ0n) is 12.6. The monoisotopic (exact) mass is 289 g/mol. The van der Waals surface area contributed by atoms with Crippen LogP contribution in [0.25, 0.3) is 0 Å². The molecule has 0 aromatic carbocycles. The molecule has 108 valence electrons. The van der Waals surface area contributed by atoms with Gasteiger partial charge in [0.15, 0.2) is 0 Å². The number of rotatable bonds is 8. The first-order chi connectivity index (χ1) is 8.65. The highest BCUT2D eigenvalue weighted by molar-refractivity contribution is 8.07. The van der Waals surface area contributed by atoms with E-state index in [1.807, 2.05) is 0 Å². The van der Waals surface area contributed by atoms with Gasteiger partial charge in [-0.25, -0.2) is 0 Å². The predicted octanol–water partition coefficient (Wildman–Crippen LogP) is 4.42. The van der Waals surface area contributed by atoms with E-state index in [1.165, 1.54) is 43.7 Å². The SMILES string of the molecule is CCCNC(CCCC(C)C)C1SCCSC1C. The Labute approximate surface area is 123 Å². The van der Waals surface area contributed by atoms with Crippen LogP contribution in [0.1, 0.15) is 53.4 Å². The summed E-state index contributed by atoms with van der Waals surface area (Å²) in [6.45, 7) is 10.5. The quantitative estimate of drug-likeness (QED) is 0.710. The molecule has 0 bridgehead atoms. The summed E-state index contributed by atoms with van der Waals surface area (Å²) in [5.41, 5.74) is 0. The molecule has 1 saturated heterocycles. The molecule has 0 radical (unpaired) electrons. The molecule has 1 aliphatic rings. The minimum absolute atomic E-state index is 0.733. The van der Waals surface area contributed by atoms with Crippen LogP contribution < -0.4 is 5.32 Å². The zero-order chi connectivity index (χ0) is 13.4. The molecule has 1 heterocycles. The normalized spacial score (nSPS) is 26.5. The second-order valence-electron chi connectivity index (χ2n) is 5.80. The number of hydrogen-bond acceptors (Lipinski definition) is 3. The highest BCUT2D eigenvalue weighted by Crippen LogP contribution is 2.34. The third kappa shape index (κ3) is 6.21. The maximum atomic E-state index is 3.81. The largest absolute Gasteiger partial charge is 0.313 e. The van der Waals surface area contributed by atoms with E-state index in [1.54, 1.807) is 0 Å². The van der Waals surface area contributed by atoms with Crippen LogP contribution in [-0.4, -0.2) is 34.6 Å². The van der Waals surface area contributed by atoms with Gasteiger partial charge in [-0.3, -0.25) is 0 Å². The molecule has 0 aromatic rings. The molecule has 0 aliphatic carbocycles. The molecule has 18 heavy (non-hydrogen) atoms. The van der Waals surface area contributed by atoms with E-state index in [-0.39, 0.29) is 0 Å². The van der Waals surface area contributed by atoms with E-state index in [0.29, 0.717) is 0 Å². The van der Waals surface area contributed by atoms with Gasteiger partial charge < -0.3 is 5.32 Å². The van der Waals surface area contributed by atoms with Gasteiger partial charge in [0.2, 0.25) is 0 Å². The van der Waals surface area contributed by atoms with E-state index >= 15 is 0 Å². The molecule has 0 spiro atoms. The van der Waals surface area contributed by atoms with Crippen LogP contribution in [0.15, 0.2) is 0 Å². The first-order valence-electron chi connectivity index (χ1n) is 7.61. The summed E-state index contributed by atoms with van der Waals surface area (Å²) in [5, 5.41) is 5.45. The lowest BCUT2D eigenvalue weighted by molar-refractivity contribution is 0.424. The molecule has 3 atom stereocenters. The zero-order valence-corrected chi connectivity index (χ0v) is 14.2. The van der Waals surface area contributed by atoms with E-state index in [2.05, 4.69) is 56.5 Å². The van der Waals surface area contributed by atoms with Crippen molar-refractivity contribution in [1.82, 2.24) is 5.32 Å². The molecular weight excluding hydrogens is 258 g/mol. The van der Waals surface area contributed by atoms with Crippen molar-refractivity contribution < 1.29 is 0 Å². The van der Waals surface area contributed by atoms with Crippen molar-refractivity contribution in [2.45, 2.75) is 69.9 Å². The van der Waals surface area contributed by atoms with Crippen LogP contribution in [0.4, 0.5) is 0 Å². The van der Waals surface area contributed by atoms with Crippen molar-refractivity contribution in [2.24, 2.45) is 5.92 Å². The Morgan fingerprint density at radius 1 is 1.17 bits per heavy atom. The third-order valence-electron chi connectivity index (χ3n) is 3.59. The second kappa shape index (κ2) is 9.55. The van der Waals surface area contributed by atoms with Crippen molar-refractivity contribution >= 4 is 23.5 Å². The van der Waals surface area contributed by atoms with Gasteiger partial charge in [0.1, 0.15) is 0 Å². The fourth-order valence-electron chi connectivity index (χ4n) is 2.55. The van der Waals surface area contributed by atoms with Gasteiger partial charge in [-0.2, -0.15) is 23.5 Å². The van der Waals surface area contributed by atoms with Crippen molar-refractivity contribution in [3.8, 4) is 0 Å². The summed E-state index contributed by atoms with van der Waals surface area (Å²) in [5.74, 6) is 3.53. The lowest BCUT2D eigenvalue weighted by Gasteiger charge is -2.35. The Morgan fingerprint density at radius 3 is 2.50 bits per heavy atom. The lowest BCUT2D eigenvalue weighted by Crippen LogP contribution is -2.44. The number of thioether (sulfide) groups is 2. The van der Waals surface area contributed by atoms with Gasteiger partial charge in [0.05, 0.1) is 0 Å². The van der Waals surface area contributed by atoms with Crippen LogP contribution in [0.2, 0.25) is 0 Å². The Kier molecular flexibility index (Phi) is 8.86. The van der Waals surface area contributed by atoms with Gasteiger partial charge in [-0.15, -0.1) is 0 Å². The summed E-state index contributed by atoms with van der Waals surface area (Å²) < 4.78 is 0. The molecule has 1 rings (SSSR count). The van der Waals surface area contributed by atoms with Crippen LogP contribution >= 0.6 is 23.5 Å². The highest BCUT2D eigenvalue weighted by atomic mass is 32.2. The molecule has 1 fully saturated rings. The van der Waals surface area contributed by atoms with Gasteiger partial charge in [-0.1, -0.05) is 40.5 Å². The first kappa shape index (κ1) is 16.7. The Morgan fingerprint density at radius 2 is 1.89 bits per heavy atom. The average molecular weight is 290 g/mol. The summed E-state index contributed by atoms with van der Waals surface area (Å²) in [6, 6.07) is 0.733. The van der Waals surface area contributed by atoms with Gasteiger partial charge in [0.25, 0.3) is 0 Å². The van der Waals surface area contributed by atoms with Crippen molar-refractivity contribution in [3.05, 3.63) is 0 Å². The topological polar surface area (TPSA) is 12.0 Å². The van der Waals surface area contributed by atoms with Crippen LogP contribution in [0.3, 0.4) is 0 Å². The maximum Gasteiger partial charge on any atom is 0.0317 e. The molecule has 0 aromatic heterocycles. The fraction of sp³-hybridized carbons (Fsp3) is 1.00. The summed E-state index contributed by atoms with van der Waals surface area (Å²) in [6.07, 6.45) is 5.37. The summed E-state index contributed by atoms with van der Waals surface area (Å²) in [7, 11) is 0. The third-order valence-corrected chi connectivity index (χ3v) is 6.84. The molecule has 0 amide bonds. The lowest BCUT2D eigenvalue weighted by atomic mass is 10.00. The molecular formula is C15H31NS2. The molecule has 3 unspecified atom stereocenters. The Balaban J connectivity index is 2.42. The average Bonchev–Trinajstić information content (AvgIpc) is 2.34. The molecule has 1 aliphatic heterocycles. The van der Waals surface area contributed by atoms with Crippen molar-refractivity contribution in [2.75, 3.05) is 18.1 Å². The van der Waals surface area contributed by atoms with E-state index in [9.17, 15) is 0 Å². The summed E-state index contributed by atoms with van der Waals surface area (Å²) in [4.78, 5) is 0. The Hall–Kier alpha value is 0.660. The maximum absolute atomic E-state index is 3.81. The summed E-state index contributed by atoms with van der Waals surface area (Å²) >= 11 is 4.37. The molecule has 1 N–H and O–H groups in total. The number of hydrogen-bond donors (Lipinski definition) is 1. The Bertz CT molecular complexity index is 209. The molecule has 3 heteroatoms. The van der Waals surface area contributed by atoms with E-state index in [4.69, 9.17) is 0 Å². The smallest absolute Gasteiger partial charge is 0.0317 e. The van der Waals surface area contributed by atoms with Crippen LogP contribution in [0.5, 0.6) is 0 Å². The van der Waals surface area contributed by atoms with Gasteiger partial charge in [-0.05, 0) is 25.3 Å².